The number of rotatable bonds is 7. The maximum absolute atomic E-state index is 13.5. The molecule has 5 rings (SSSR count). The summed E-state index contributed by atoms with van der Waals surface area (Å²) < 4.78 is 7.70. The molecule has 0 fully saturated rings. The lowest BCUT2D eigenvalue weighted by Gasteiger charge is -2.27. The first-order valence-corrected chi connectivity index (χ1v) is 10.9. The Morgan fingerprint density at radius 3 is 2.70 bits per heavy atom. The van der Waals surface area contributed by atoms with E-state index < -0.39 is 23.5 Å². The second-order valence-corrected chi connectivity index (χ2v) is 8.24. The molecule has 1 aliphatic heterocycles. The van der Waals surface area contributed by atoms with Gasteiger partial charge in [-0.1, -0.05) is 48.0 Å². The fourth-order valence-corrected chi connectivity index (χ4v) is 4.31. The highest BCUT2D eigenvalue weighted by Crippen LogP contribution is 2.39. The number of aromatic amines is 1. The van der Waals surface area contributed by atoms with E-state index in [1.807, 2.05) is 72.7 Å². The fraction of sp³-hybridized carbons (Fsp3) is 0.192. The maximum atomic E-state index is 13.5. The Hall–Kier alpha value is -4.13. The van der Waals surface area contributed by atoms with E-state index in [0.29, 0.717) is 25.1 Å². The number of fused-ring (bicyclic) bond motifs is 1. The Bertz CT molecular complexity index is 1320. The van der Waals surface area contributed by atoms with Crippen LogP contribution in [0.15, 0.2) is 89.1 Å². The third kappa shape index (κ3) is 3.82. The van der Waals surface area contributed by atoms with Crippen LogP contribution in [-0.4, -0.2) is 28.1 Å². The van der Waals surface area contributed by atoms with Gasteiger partial charge < -0.3 is 14.4 Å². The molecular formula is C26H23N3O4. The zero-order valence-corrected chi connectivity index (χ0v) is 18.2. The van der Waals surface area contributed by atoms with Gasteiger partial charge in [-0.25, -0.2) is 4.57 Å². The number of amides is 1. The number of ketones is 1. The molecule has 2 aromatic heterocycles. The van der Waals surface area contributed by atoms with Gasteiger partial charge >= 0.3 is 0 Å². The minimum absolute atomic E-state index is 0.0581. The molecule has 33 heavy (non-hydrogen) atoms. The number of Topliss-reactive ketones (excluding diaryl/α,β-unsaturated/α-hetero) is 1. The lowest BCUT2D eigenvalue weighted by molar-refractivity contribution is -0.695. The summed E-state index contributed by atoms with van der Waals surface area (Å²) in [6.07, 6.45) is 6.18. The standard InChI is InChI=1S/C26H23N3O4/c1-17-7-9-18(10-8-17)23-22(24(30)21-15-19-5-2-3-6-20(19)33-21)25(31)26(32)29(23)13-4-12-28-14-11-27-16-28/h2-3,5-11,14-16,23H,4,12-13H2,1H3,(H,30,31). The van der Waals surface area contributed by atoms with Crippen LogP contribution < -0.4 is 9.67 Å². The quantitative estimate of drug-likeness (QED) is 0.353. The van der Waals surface area contributed by atoms with Crippen molar-refractivity contribution in [2.75, 3.05) is 6.54 Å². The Labute approximate surface area is 190 Å². The lowest BCUT2D eigenvalue weighted by atomic mass is 9.94. The first-order valence-electron chi connectivity index (χ1n) is 10.9. The molecule has 0 radical (unpaired) electrons. The summed E-state index contributed by atoms with van der Waals surface area (Å²) in [4.78, 5) is 31.0. The van der Waals surface area contributed by atoms with Crippen LogP contribution in [0.3, 0.4) is 0 Å². The molecule has 7 heteroatoms. The number of hydrogen-bond acceptors (Lipinski definition) is 4. The summed E-state index contributed by atoms with van der Waals surface area (Å²) in [7, 11) is 0. The molecule has 1 unspecified atom stereocenters. The highest BCUT2D eigenvalue weighted by atomic mass is 16.3. The average Bonchev–Trinajstić information content (AvgIpc) is 3.54. The van der Waals surface area contributed by atoms with E-state index >= 15 is 0 Å². The van der Waals surface area contributed by atoms with Gasteiger partial charge in [0.2, 0.25) is 18.0 Å². The number of benzene rings is 2. The third-order valence-corrected chi connectivity index (χ3v) is 5.99. The van der Waals surface area contributed by atoms with Gasteiger partial charge in [0.1, 0.15) is 18.0 Å². The van der Waals surface area contributed by atoms with E-state index in [1.54, 1.807) is 12.1 Å². The molecule has 1 aliphatic rings. The molecule has 0 saturated heterocycles. The summed E-state index contributed by atoms with van der Waals surface area (Å²) in [5.74, 6) is -1.90. The van der Waals surface area contributed by atoms with E-state index in [-0.39, 0.29) is 11.3 Å². The molecule has 3 heterocycles. The van der Waals surface area contributed by atoms with Crippen LogP contribution in [0, 0.1) is 6.92 Å². The van der Waals surface area contributed by atoms with Gasteiger partial charge in [0.05, 0.1) is 12.6 Å². The minimum Gasteiger partial charge on any atom is -0.868 e. The Morgan fingerprint density at radius 2 is 1.97 bits per heavy atom. The van der Waals surface area contributed by atoms with Crippen LogP contribution in [0.25, 0.3) is 11.0 Å². The first kappa shape index (κ1) is 20.8. The number of imidazole rings is 1. The van der Waals surface area contributed by atoms with E-state index in [9.17, 15) is 14.7 Å². The summed E-state index contributed by atoms with van der Waals surface area (Å²) in [6.45, 7) is 2.98. The van der Waals surface area contributed by atoms with Crippen LogP contribution in [0.4, 0.5) is 0 Å². The number of furan rings is 1. The van der Waals surface area contributed by atoms with Gasteiger partial charge in [-0.05, 0) is 30.4 Å². The largest absolute Gasteiger partial charge is 0.868 e. The second-order valence-electron chi connectivity index (χ2n) is 8.24. The number of para-hydroxylation sites is 1. The number of nitrogens with one attached hydrogen (secondary N) is 1. The van der Waals surface area contributed by atoms with Crippen LogP contribution >= 0.6 is 0 Å². The van der Waals surface area contributed by atoms with Crippen molar-refractivity contribution >= 4 is 22.7 Å². The van der Waals surface area contributed by atoms with Crippen molar-refractivity contribution in [3.63, 3.8) is 0 Å². The molecular weight excluding hydrogens is 418 g/mol. The lowest BCUT2D eigenvalue weighted by Crippen LogP contribution is -2.37. The molecule has 4 aromatic rings. The van der Waals surface area contributed by atoms with Gasteiger partial charge in [0.25, 0.3) is 0 Å². The van der Waals surface area contributed by atoms with Crippen molar-refractivity contribution in [3.8, 4) is 0 Å². The highest BCUT2D eigenvalue weighted by molar-refractivity contribution is 6.15. The molecule has 166 valence electrons. The topological polar surface area (TPSA) is 93.2 Å². The summed E-state index contributed by atoms with van der Waals surface area (Å²) in [6, 6.07) is 15.7. The van der Waals surface area contributed by atoms with Crippen molar-refractivity contribution in [2.24, 2.45) is 0 Å². The molecule has 0 bridgehead atoms. The van der Waals surface area contributed by atoms with Gasteiger partial charge in [0, 0.05) is 23.9 Å². The molecule has 2 aromatic carbocycles. The molecule has 7 nitrogen and oxygen atoms in total. The zero-order chi connectivity index (χ0) is 22.9. The van der Waals surface area contributed by atoms with Crippen molar-refractivity contribution in [3.05, 3.63) is 102 Å². The number of aromatic nitrogens is 2. The molecule has 0 saturated carbocycles. The van der Waals surface area contributed by atoms with Crippen molar-refractivity contribution in [1.82, 2.24) is 9.88 Å². The van der Waals surface area contributed by atoms with Crippen LogP contribution in [0.5, 0.6) is 0 Å². The van der Waals surface area contributed by atoms with Gasteiger partial charge in [-0.15, -0.1) is 0 Å². The molecule has 0 aliphatic carbocycles. The second kappa shape index (κ2) is 8.43. The molecule has 1 atom stereocenters. The Balaban J connectivity index is 1.50. The van der Waals surface area contributed by atoms with Crippen LogP contribution in [-0.2, 0) is 11.3 Å². The number of aryl methyl sites for hydroxylation is 2. The fourth-order valence-electron chi connectivity index (χ4n) is 4.31. The van der Waals surface area contributed by atoms with Gasteiger partial charge in [-0.3, -0.25) is 14.6 Å². The molecule has 0 spiro atoms. The predicted molar refractivity (Wildman–Crippen MR) is 119 cm³/mol. The molecule has 1 N–H and O–H groups in total. The predicted octanol–water partition coefficient (Wildman–Crippen LogP) is 2.83. The Morgan fingerprint density at radius 1 is 1.18 bits per heavy atom. The number of carbonyl (C=O) groups is 2. The zero-order valence-electron chi connectivity index (χ0n) is 18.2. The third-order valence-electron chi connectivity index (χ3n) is 5.99. The SMILES string of the molecule is Cc1ccc(C2C(C(=O)c3cc4ccccc4o3)=C([O-])C(=O)N2CCC[n+]2cc[nH]c2)cc1. The van der Waals surface area contributed by atoms with Crippen molar-refractivity contribution < 1.29 is 23.7 Å². The smallest absolute Gasteiger partial charge is 0.241 e. The van der Waals surface area contributed by atoms with E-state index in [0.717, 1.165) is 16.5 Å². The van der Waals surface area contributed by atoms with Gasteiger partial charge in [-0.2, -0.15) is 0 Å². The van der Waals surface area contributed by atoms with E-state index in [4.69, 9.17) is 4.42 Å². The highest BCUT2D eigenvalue weighted by Gasteiger charge is 2.40. The van der Waals surface area contributed by atoms with Crippen molar-refractivity contribution in [2.45, 2.75) is 25.9 Å². The van der Waals surface area contributed by atoms with Crippen molar-refractivity contribution in [1.29, 1.82) is 0 Å². The van der Waals surface area contributed by atoms with E-state index in [1.165, 1.54) is 4.90 Å². The van der Waals surface area contributed by atoms with Crippen LogP contribution in [0.2, 0.25) is 0 Å². The summed E-state index contributed by atoms with van der Waals surface area (Å²) in [5, 5.41) is 13.9. The normalized spacial score (nSPS) is 16.2. The average molecular weight is 441 g/mol. The number of H-pyrrole nitrogens is 1. The first-order chi connectivity index (χ1) is 16.0. The number of hydrogen-bond donors (Lipinski definition) is 1. The maximum Gasteiger partial charge on any atom is 0.241 e. The van der Waals surface area contributed by atoms with Crippen LogP contribution in [0.1, 0.15) is 34.1 Å². The van der Waals surface area contributed by atoms with Gasteiger partial charge in [0.15, 0.2) is 5.76 Å². The number of nitrogens with zero attached hydrogens (tertiary/aromatic N) is 2. The monoisotopic (exact) mass is 441 g/mol. The Kier molecular flexibility index (Phi) is 5.30. The minimum atomic E-state index is -0.764. The number of carbonyl (C=O) groups excluding carboxylic acids is 2. The van der Waals surface area contributed by atoms with E-state index in [2.05, 4.69) is 4.98 Å². The molecule has 1 amide bonds. The summed E-state index contributed by atoms with van der Waals surface area (Å²) >= 11 is 0. The summed E-state index contributed by atoms with van der Waals surface area (Å²) in [5.41, 5.74) is 2.28.